The van der Waals surface area contributed by atoms with E-state index in [-0.39, 0.29) is 5.97 Å². The van der Waals surface area contributed by atoms with Gasteiger partial charge in [0.05, 0.1) is 13.2 Å². The van der Waals surface area contributed by atoms with Gasteiger partial charge in [0.25, 0.3) is 0 Å². The number of carbonyl (C=O) groups excluding carboxylic acids is 1. The van der Waals surface area contributed by atoms with Gasteiger partial charge in [-0.25, -0.2) is 0 Å². The molecule has 18 heavy (non-hydrogen) atoms. The minimum Gasteiger partial charge on any atom is -0.465 e. The second kappa shape index (κ2) is 7.78. The van der Waals surface area contributed by atoms with E-state index in [0.29, 0.717) is 25.2 Å². The van der Waals surface area contributed by atoms with Gasteiger partial charge in [0.15, 0.2) is 0 Å². The van der Waals surface area contributed by atoms with Crippen LogP contribution in [-0.4, -0.2) is 36.1 Å². The lowest BCUT2D eigenvalue weighted by Gasteiger charge is -2.38. The van der Waals surface area contributed by atoms with E-state index in [1.807, 2.05) is 6.92 Å². The lowest BCUT2D eigenvalue weighted by Crippen LogP contribution is -2.45. The van der Waals surface area contributed by atoms with Crippen molar-refractivity contribution in [1.29, 1.82) is 0 Å². The monoisotopic (exact) mass is 255 g/mol. The zero-order valence-corrected chi connectivity index (χ0v) is 12.4. The lowest BCUT2D eigenvalue weighted by molar-refractivity contribution is -0.146. The van der Waals surface area contributed by atoms with Crippen LogP contribution in [0.3, 0.4) is 0 Å². The van der Waals surface area contributed by atoms with E-state index in [2.05, 4.69) is 25.7 Å². The fourth-order valence-corrected chi connectivity index (χ4v) is 2.97. The first-order chi connectivity index (χ1) is 8.58. The van der Waals surface area contributed by atoms with Gasteiger partial charge in [0.1, 0.15) is 0 Å². The van der Waals surface area contributed by atoms with Gasteiger partial charge in [0, 0.05) is 12.1 Å². The predicted molar refractivity (Wildman–Crippen MR) is 74.5 cm³/mol. The molecule has 0 N–H and O–H groups in total. The van der Waals surface area contributed by atoms with Crippen LogP contribution in [0.5, 0.6) is 0 Å². The van der Waals surface area contributed by atoms with Crippen LogP contribution in [-0.2, 0) is 9.53 Å². The molecule has 0 atom stereocenters. The molecule has 0 radical (unpaired) electrons. The van der Waals surface area contributed by atoms with Crippen LogP contribution in [0.1, 0.15) is 59.8 Å². The smallest absolute Gasteiger partial charge is 0.320 e. The Labute approximate surface area is 112 Å². The summed E-state index contributed by atoms with van der Waals surface area (Å²) in [7, 11) is 0. The third-order valence-electron chi connectivity index (χ3n) is 4.14. The van der Waals surface area contributed by atoms with Gasteiger partial charge >= 0.3 is 5.97 Å². The molecule has 1 fully saturated rings. The van der Waals surface area contributed by atoms with E-state index < -0.39 is 0 Å². The minimum atomic E-state index is -0.0798. The summed E-state index contributed by atoms with van der Waals surface area (Å²) in [6.45, 7) is 9.42. The van der Waals surface area contributed by atoms with E-state index in [1.165, 1.54) is 32.1 Å². The second-order valence-electron chi connectivity index (χ2n) is 5.65. The quantitative estimate of drug-likeness (QED) is 0.682. The van der Waals surface area contributed by atoms with Crippen molar-refractivity contribution in [3.05, 3.63) is 0 Å². The van der Waals surface area contributed by atoms with E-state index >= 15 is 0 Å². The van der Waals surface area contributed by atoms with E-state index in [0.717, 1.165) is 5.92 Å². The molecule has 1 saturated carbocycles. The highest BCUT2D eigenvalue weighted by molar-refractivity contribution is 5.71. The van der Waals surface area contributed by atoms with Crippen molar-refractivity contribution in [3.63, 3.8) is 0 Å². The molecule has 1 aliphatic carbocycles. The molecule has 0 unspecified atom stereocenters. The summed E-state index contributed by atoms with van der Waals surface area (Å²) in [6.07, 6.45) is 6.39. The van der Waals surface area contributed by atoms with Crippen LogP contribution in [0.25, 0.3) is 0 Å². The molecule has 0 bridgehead atoms. The molecular formula is C15H29NO2. The Morgan fingerprint density at radius 3 is 2.28 bits per heavy atom. The van der Waals surface area contributed by atoms with Crippen LogP contribution >= 0.6 is 0 Å². The highest BCUT2D eigenvalue weighted by atomic mass is 16.5. The van der Waals surface area contributed by atoms with E-state index in [9.17, 15) is 4.79 Å². The number of esters is 1. The van der Waals surface area contributed by atoms with Gasteiger partial charge in [-0.1, -0.05) is 13.3 Å². The Morgan fingerprint density at radius 1 is 1.22 bits per heavy atom. The van der Waals surface area contributed by atoms with Crippen LogP contribution in [0.2, 0.25) is 0 Å². The molecule has 3 nitrogen and oxygen atoms in total. The highest BCUT2D eigenvalue weighted by Crippen LogP contribution is 2.30. The van der Waals surface area contributed by atoms with Crippen molar-refractivity contribution in [1.82, 2.24) is 4.90 Å². The normalized spacial score (nSPS) is 24.6. The first-order valence-corrected chi connectivity index (χ1v) is 7.49. The van der Waals surface area contributed by atoms with Gasteiger partial charge in [0.2, 0.25) is 0 Å². The fraction of sp³-hybridized carbons (Fsp3) is 0.933. The summed E-state index contributed by atoms with van der Waals surface area (Å²) in [5.41, 5.74) is 0. The molecule has 106 valence electrons. The topological polar surface area (TPSA) is 29.5 Å². The van der Waals surface area contributed by atoms with Crippen LogP contribution in [0.4, 0.5) is 0 Å². The van der Waals surface area contributed by atoms with Crippen molar-refractivity contribution >= 4 is 5.97 Å². The molecule has 1 rings (SSSR count). The maximum Gasteiger partial charge on any atom is 0.320 e. The van der Waals surface area contributed by atoms with Crippen LogP contribution < -0.4 is 0 Å². The summed E-state index contributed by atoms with van der Waals surface area (Å²) >= 11 is 0. The molecule has 0 amide bonds. The van der Waals surface area contributed by atoms with Crippen molar-refractivity contribution in [2.75, 3.05) is 13.2 Å². The summed E-state index contributed by atoms with van der Waals surface area (Å²) in [6, 6.07) is 0.981. The summed E-state index contributed by atoms with van der Waals surface area (Å²) in [5.74, 6) is 0.821. The van der Waals surface area contributed by atoms with Crippen molar-refractivity contribution in [2.24, 2.45) is 5.92 Å². The van der Waals surface area contributed by atoms with Crippen molar-refractivity contribution in [3.8, 4) is 0 Å². The standard InChI is InChI=1S/C15H29NO2/c1-5-13-7-9-14(10-8-13)16(12(3)4)11-15(17)18-6-2/h12-14H,5-11H2,1-4H3. The molecule has 0 saturated heterocycles. The Morgan fingerprint density at radius 2 is 1.83 bits per heavy atom. The average Bonchev–Trinajstić information content (AvgIpc) is 2.36. The number of rotatable bonds is 6. The predicted octanol–water partition coefficient (Wildman–Crippen LogP) is 3.23. The largest absolute Gasteiger partial charge is 0.465 e. The summed E-state index contributed by atoms with van der Waals surface area (Å²) in [4.78, 5) is 14.0. The number of hydrogen-bond donors (Lipinski definition) is 0. The highest BCUT2D eigenvalue weighted by Gasteiger charge is 2.28. The molecule has 0 aromatic rings. The molecule has 1 aliphatic rings. The molecule has 0 aromatic heterocycles. The van der Waals surface area contributed by atoms with E-state index in [4.69, 9.17) is 4.74 Å². The Hall–Kier alpha value is -0.570. The Bertz CT molecular complexity index is 245. The van der Waals surface area contributed by atoms with Crippen molar-refractivity contribution < 1.29 is 9.53 Å². The minimum absolute atomic E-state index is 0.0798. The third-order valence-corrected chi connectivity index (χ3v) is 4.14. The van der Waals surface area contributed by atoms with Crippen LogP contribution in [0, 0.1) is 5.92 Å². The average molecular weight is 255 g/mol. The second-order valence-corrected chi connectivity index (χ2v) is 5.65. The number of carbonyl (C=O) groups is 1. The lowest BCUT2D eigenvalue weighted by atomic mass is 9.83. The fourth-order valence-electron chi connectivity index (χ4n) is 2.97. The number of hydrogen-bond acceptors (Lipinski definition) is 3. The van der Waals surface area contributed by atoms with Crippen LogP contribution in [0.15, 0.2) is 0 Å². The molecule has 0 spiro atoms. The zero-order valence-electron chi connectivity index (χ0n) is 12.4. The first-order valence-electron chi connectivity index (χ1n) is 7.49. The van der Waals surface area contributed by atoms with Gasteiger partial charge in [-0.3, -0.25) is 9.69 Å². The zero-order chi connectivity index (χ0) is 13.5. The summed E-state index contributed by atoms with van der Waals surface area (Å²) in [5, 5.41) is 0. The maximum atomic E-state index is 11.7. The Balaban J connectivity index is 2.49. The molecule has 0 aromatic carbocycles. The number of ether oxygens (including phenoxy) is 1. The number of nitrogens with zero attached hydrogens (tertiary/aromatic N) is 1. The van der Waals surface area contributed by atoms with Gasteiger partial charge < -0.3 is 4.74 Å². The van der Waals surface area contributed by atoms with E-state index in [1.54, 1.807) is 0 Å². The molecular weight excluding hydrogens is 226 g/mol. The first kappa shape index (κ1) is 15.5. The molecule has 0 heterocycles. The van der Waals surface area contributed by atoms with Gasteiger partial charge in [-0.15, -0.1) is 0 Å². The third kappa shape index (κ3) is 4.60. The van der Waals surface area contributed by atoms with Crippen molar-refractivity contribution in [2.45, 2.75) is 71.9 Å². The summed E-state index contributed by atoms with van der Waals surface area (Å²) < 4.78 is 5.08. The molecule has 0 aliphatic heterocycles. The van der Waals surface area contributed by atoms with Gasteiger partial charge in [-0.05, 0) is 52.4 Å². The molecule has 3 heteroatoms. The van der Waals surface area contributed by atoms with Gasteiger partial charge in [-0.2, -0.15) is 0 Å². The maximum absolute atomic E-state index is 11.7. The SMILES string of the molecule is CCOC(=O)CN(C(C)C)C1CCC(CC)CC1. The Kier molecular flexibility index (Phi) is 6.69.